The molecule has 2 unspecified atom stereocenters. The van der Waals surface area contributed by atoms with E-state index >= 15 is 0 Å². The number of aliphatic carboxylic acids is 1. The highest BCUT2D eigenvalue weighted by atomic mass is 127. The number of H-pyrrole nitrogens is 1. The Morgan fingerprint density at radius 3 is 2.18 bits per heavy atom. The number of carboxylic acid groups (broad SMARTS) is 1. The second kappa shape index (κ2) is 30.8. The normalized spacial score (nSPS) is 24.8. The number of hydrogen-bond acceptors (Lipinski definition) is 17. The van der Waals surface area contributed by atoms with Gasteiger partial charge in [-0.25, -0.2) is 4.98 Å². The molecule has 77 heavy (non-hydrogen) atoms. The Morgan fingerprint density at radius 2 is 1.58 bits per heavy atom. The van der Waals surface area contributed by atoms with Crippen LogP contribution in [0.5, 0.6) is 5.75 Å². The molecule has 2 aromatic rings. The number of carbonyl (C=O) groups excluding carboxylic acids is 8. The van der Waals surface area contributed by atoms with Crippen molar-refractivity contribution >= 4 is 97.4 Å². The molecule has 1 aromatic carbocycles. The van der Waals surface area contributed by atoms with E-state index in [1.807, 2.05) is 43.4 Å². The monoisotopic (exact) mass is 1230 g/mol. The average Bonchev–Trinajstić information content (AvgIpc) is 4.04. The lowest BCUT2D eigenvalue weighted by Gasteiger charge is -2.32. The van der Waals surface area contributed by atoms with Crippen molar-refractivity contribution in [3.63, 3.8) is 0 Å². The molecule has 0 radical (unpaired) electrons. The number of aromatic hydroxyl groups is 1. The first-order valence-electron chi connectivity index (χ1n) is 25.4. The smallest absolute Gasteiger partial charge is 0.305 e. The lowest BCUT2D eigenvalue weighted by atomic mass is 9.96. The minimum absolute atomic E-state index is 0.0123. The topological polar surface area (TPSA) is 389 Å². The molecule has 428 valence electrons. The van der Waals surface area contributed by atoms with Gasteiger partial charge in [0, 0.05) is 49.2 Å². The molecule has 0 saturated carbocycles. The number of carbonyl (C=O) groups is 9. The van der Waals surface area contributed by atoms with E-state index < -0.39 is 132 Å². The molecular formula is C49H75IN12O13S2. The molecule has 4 rings (SSSR count). The van der Waals surface area contributed by atoms with Crippen LogP contribution in [0.2, 0.25) is 0 Å². The van der Waals surface area contributed by atoms with E-state index in [2.05, 4.69) is 52.5 Å². The van der Waals surface area contributed by atoms with Gasteiger partial charge in [0.2, 0.25) is 47.3 Å². The number of hydrogen-bond donors (Lipinski definition) is 14. The van der Waals surface area contributed by atoms with Gasteiger partial charge in [-0.05, 0) is 77.9 Å². The molecule has 2 saturated heterocycles. The van der Waals surface area contributed by atoms with Crippen molar-refractivity contribution in [2.75, 3.05) is 25.1 Å². The molecule has 15 N–H and O–H groups in total. The van der Waals surface area contributed by atoms with Crippen LogP contribution in [0, 0.1) is 21.3 Å². The maximum absolute atomic E-state index is 14.7. The number of phenolic OH excluding ortho intramolecular Hbond substituents is 1. The van der Waals surface area contributed by atoms with Crippen LogP contribution in [0.4, 0.5) is 0 Å². The molecule has 12 atom stereocenters. The fraction of sp³-hybridized carbons (Fsp3) is 0.633. The number of amides is 8. The summed E-state index contributed by atoms with van der Waals surface area (Å²) in [5, 5.41) is 64.5. The zero-order valence-corrected chi connectivity index (χ0v) is 48.0. The molecule has 0 spiro atoms. The average molecular weight is 1230 g/mol. The number of aromatic amines is 1. The number of fused-ring (bicyclic) bond motifs is 1. The summed E-state index contributed by atoms with van der Waals surface area (Å²) in [5.74, 6) is -8.60. The van der Waals surface area contributed by atoms with Crippen LogP contribution < -0.4 is 48.3 Å². The second-order valence-electron chi connectivity index (χ2n) is 20.2. The first kappa shape index (κ1) is 64.3. The number of halogens is 1. The molecule has 25 nitrogen and oxygen atoms in total. The maximum Gasteiger partial charge on any atom is 0.305 e. The molecule has 1 aromatic heterocycles. The number of likely N-dealkylation sites (N-methyl/N-ethyl adjacent to an activating group) is 1. The van der Waals surface area contributed by atoms with E-state index in [9.17, 15) is 63.6 Å². The predicted octanol–water partition coefficient (Wildman–Crippen LogP) is -1.27. The van der Waals surface area contributed by atoms with Crippen LogP contribution in [-0.2, 0) is 56.0 Å². The van der Waals surface area contributed by atoms with E-state index in [0.29, 0.717) is 21.2 Å². The highest BCUT2D eigenvalue weighted by molar-refractivity contribution is 14.1. The Hall–Kier alpha value is -5.27. The van der Waals surface area contributed by atoms with Gasteiger partial charge in [0.1, 0.15) is 48.2 Å². The van der Waals surface area contributed by atoms with Crippen molar-refractivity contribution in [1.29, 1.82) is 0 Å². The van der Waals surface area contributed by atoms with E-state index in [1.165, 1.54) is 36.6 Å². The molecular weight excluding hydrogens is 1160 g/mol. The van der Waals surface area contributed by atoms with Gasteiger partial charge >= 0.3 is 5.97 Å². The number of rotatable bonds is 20. The molecule has 0 bridgehead atoms. The lowest BCUT2D eigenvalue weighted by molar-refractivity contribution is -0.141. The summed E-state index contributed by atoms with van der Waals surface area (Å²) in [6.45, 7) is 10.6. The summed E-state index contributed by atoms with van der Waals surface area (Å²) in [5.41, 5.74) is 6.51. The lowest BCUT2D eigenvalue weighted by Crippen LogP contribution is -2.62. The van der Waals surface area contributed by atoms with Gasteiger partial charge in [0.25, 0.3) is 0 Å². The fourth-order valence-electron chi connectivity index (χ4n) is 8.65. The zero-order valence-electron chi connectivity index (χ0n) is 44.2. The summed E-state index contributed by atoms with van der Waals surface area (Å²) in [6, 6.07) is -7.24. The molecule has 0 aliphatic carbocycles. The van der Waals surface area contributed by atoms with Crippen molar-refractivity contribution < 1.29 is 63.6 Å². The van der Waals surface area contributed by atoms with Gasteiger partial charge in [-0.15, -0.1) is 0 Å². The number of carboxylic acids is 1. The largest absolute Gasteiger partial charge is 0.507 e. The number of nitrogens with zero attached hydrogens (tertiary/aromatic N) is 2. The zero-order chi connectivity index (χ0) is 57.3. The van der Waals surface area contributed by atoms with Crippen LogP contribution in [-0.4, -0.2) is 180 Å². The second-order valence-corrected chi connectivity index (χ2v) is 23.9. The van der Waals surface area contributed by atoms with Crippen LogP contribution in [0.3, 0.4) is 0 Å². The third kappa shape index (κ3) is 19.9. The Kier molecular flexibility index (Phi) is 25.7. The summed E-state index contributed by atoms with van der Waals surface area (Å²) < 4.78 is 0.423. The standard InChI is InChI=1S/C49H75IN12O13S2/c1-8-25(6)40(48(74)55-30(41(51)67)11-23(2)3)61-45(71)33(15-27-18-53-22-54-27)57-46(72)35-20-76-77-21-36(52-7)49(75)62-19-28(63)16-37(62)47(73)59-32(14-26-9-10-38(64)29(50)13-26)43(69)58-34(17-39(65)66)44(70)56-31(12-24(4)5)42(68)60-35/h9-10,13,18,22-25,28,30-37,40,44,52,56,63-64,70H,8,11-12,14-17,19-21H2,1-7H3,(H2,51,67)(H,53,54)(H,55,74)(H,57,72)(H,58,69)(H,59,73)(H,60,68)(H,61,71)(H,65,66)/t25?,28?,30-,31-,32-,33-,34-,35-,36-,37-,40-,44+/m0/s1. The van der Waals surface area contributed by atoms with Crippen molar-refractivity contribution in [2.45, 2.75) is 153 Å². The van der Waals surface area contributed by atoms with Crippen LogP contribution >= 0.6 is 44.2 Å². The molecule has 2 aliphatic rings. The van der Waals surface area contributed by atoms with Crippen molar-refractivity contribution in [2.24, 2.45) is 23.5 Å². The maximum atomic E-state index is 14.7. The van der Waals surface area contributed by atoms with Crippen molar-refractivity contribution in [3.05, 3.63) is 45.6 Å². The number of imidazole rings is 1. The third-order valence-electron chi connectivity index (χ3n) is 13.1. The number of phenols is 1. The quantitative estimate of drug-likeness (QED) is 0.0543. The first-order chi connectivity index (χ1) is 36.3. The predicted molar refractivity (Wildman–Crippen MR) is 295 cm³/mol. The summed E-state index contributed by atoms with van der Waals surface area (Å²) >= 11 is 1.88. The number of aliphatic hydroxyl groups excluding tert-OH is 2. The SMILES string of the molecule is CCC(C)[C@H](NC(=O)[C@H](Cc1cnc[nH]1)NC(=O)[C@@H]1CSSC[C@H](NC)C(=O)N2CC(O)C[C@H]2C(=O)N[C@@H](Cc2ccc(O)c(I)c2)C(=O)N[C@@H](CC(=O)O)[C@@H](O)N[C@@H](CC(C)C)C(=O)N1)C(=O)N[C@@H](CC(C)C)C(N)=O. The molecule has 2 aliphatic heterocycles. The molecule has 8 amide bonds. The highest BCUT2D eigenvalue weighted by Crippen LogP contribution is 2.27. The molecule has 28 heteroatoms. The number of aliphatic hydroxyl groups is 2. The highest BCUT2D eigenvalue weighted by Gasteiger charge is 2.43. The Labute approximate surface area is 469 Å². The van der Waals surface area contributed by atoms with Gasteiger partial charge in [0.15, 0.2) is 0 Å². The Morgan fingerprint density at radius 1 is 0.896 bits per heavy atom. The minimum atomic E-state index is -1.93. The van der Waals surface area contributed by atoms with Crippen LogP contribution in [0.1, 0.15) is 84.9 Å². The third-order valence-corrected chi connectivity index (χ3v) is 16.3. The minimum Gasteiger partial charge on any atom is -0.507 e. The Balaban J connectivity index is 1.74. The number of benzene rings is 1. The van der Waals surface area contributed by atoms with E-state index in [4.69, 9.17) is 5.73 Å². The number of nitrogens with one attached hydrogen (secondary N) is 9. The van der Waals surface area contributed by atoms with Gasteiger partial charge < -0.3 is 73.3 Å². The number of nitrogens with two attached hydrogens (primary N) is 1. The fourth-order valence-corrected chi connectivity index (χ4v) is 11.6. The van der Waals surface area contributed by atoms with Crippen LogP contribution in [0.15, 0.2) is 30.7 Å². The summed E-state index contributed by atoms with van der Waals surface area (Å²) in [7, 11) is 3.74. The van der Waals surface area contributed by atoms with E-state index in [0.717, 1.165) is 21.6 Å². The molecule has 2 fully saturated rings. The van der Waals surface area contributed by atoms with Crippen LogP contribution in [0.25, 0.3) is 0 Å². The van der Waals surface area contributed by atoms with Gasteiger partial charge in [0.05, 0.1) is 40.5 Å². The van der Waals surface area contributed by atoms with Gasteiger partial charge in [-0.1, -0.05) is 75.6 Å². The van der Waals surface area contributed by atoms with Crippen molar-refractivity contribution in [3.8, 4) is 5.75 Å². The van der Waals surface area contributed by atoms with Crippen molar-refractivity contribution in [1.82, 2.24) is 57.4 Å². The van der Waals surface area contributed by atoms with E-state index in [-0.39, 0.29) is 67.7 Å². The Bertz CT molecular complexity index is 2370. The van der Waals surface area contributed by atoms with E-state index in [1.54, 1.807) is 26.8 Å². The van der Waals surface area contributed by atoms with Gasteiger partial charge in [-0.3, -0.25) is 48.5 Å². The number of primary amides is 1. The first-order valence-corrected chi connectivity index (χ1v) is 29.0. The number of aromatic nitrogens is 2. The summed E-state index contributed by atoms with van der Waals surface area (Å²) in [4.78, 5) is 133. The molecule has 3 heterocycles. The summed E-state index contributed by atoms with van der Waals surface area (Å²) in [6.07, 6.45) is -1.01. The van der Waals surface area contributed by atoms with Gasteiger partial charge in [-0.2, -0.15) is 0 Å².